The number of rotatable bonds is 0. The Balaban J connectivity index is 2.12. The van der Waals surface area contributed by atoms with Gasteiger partial charge >= 0.3 is 0 Å². The summed E-state index contributed by atoms with van der Waals surface area (Å²) in [6.45, 7) is 4.55. The van der Waals surface area contributed by atoms with Crippen molar-refractivity contribution in [2.24, 2.45) is 0 Å². The van der Waals surface area contributed by atoms with E-state index in [4.69, 9.17) is 0 Å². The third kappa shape index (κ3) is 1.21. The zero-order chi connectivity index (χ0) is 10.4. The molecule has 80 valence electrons. The number of piperidine rings is 1. The fourth-order valence-electron chi connectivity index (χ4n) is 3.22. The van der Waals surface area contributed by atoms with Gasteiger partial charge in [0, 0.05) is 31.2 Å². The number of likely N-dealkylation sites (N-methyl/N-ethyl adjacent to an activating group) is 1. The van der Waals surface area contributed by atoms with Crippen LogP contribution in [0, 0.1) is 6.92 Å². The third-order valence-corrected chi connectivity index (χ3v) is 4.00. The second-order valence-electron chi connectivity index (χ2n) is 4.79. The highest BCUT2D eigenvalue weighted by molar-refractivity contribution is 5.64. The van der Waals surface area contributed by atoms with Crippen LogP contribution in [0.1, 0.15) is 23.5 Å². The number of fused-ring (bicyclic) bond motifs is 3. The summed E-state index contributed by atoms with van der Waals surface area (Å²) in [5.41, 5.74) is 4.52. The van der Waals surface area contributed by atoms with E-state index >= 15 is 0 Å². The molecular weight excluding hydrogens is 184 g/mol. The maximum Gasteiger partial charge on any atom is 0.0481 e. The normalized spacial score (nSPS) is 28.8. The molecule has 1 aromatic carbocycles. The molecule has 0 bridgehead atoms. The molecule has 0 aliphatic carbocycles. The SMILES string of the molecule is Cc1cccc2c1C1CCNCC1N2C. The predicted molar refractivity (Wildman–Crippen MR) is 63.6 cm³/mol. The molecule has 2 nitrogen and oxygen atoms in total. The van der Waals surface area contributed by atoms with E-state index in [1.165, 1.54) is 24.2 Å². The van der Waals surface area contributed by atoms with Gasteiger partial charge in [-0.25, -0.2) is 0 Å². The zero-order valence-corrected chi connectivity index (χ0v) is 9.46. The Hall–Kier alpha value is -1.02. The monoisotopic (exact) mass is 202 g/mol. The van der Waals surface area contributed by atoms with Crippen molar-refractivity contribution in [3.63, 3.8) is 0 Å². The molecule has 0 spiro atoms. The number of hydrogen-bond donors (Lipinski definition) is 1. The summed E-state index contributed by atoms with van der Waals surface area (Å²) in [7, 11) is 2.23. The minimum atomic E-state index is 0.676. The van der Waals surface area contributed by atoms with Crippen LogP contribution in [0.2, 0.25) is 0 Å². The van der Waals surface area contributed by atoms with E-state index in [1.807, 2.05) is 0 Å². The molecule has 2 aliphatic heterocycles. The maximum atomic E-state index is 3.50. The first-order valence-electron chi connectivity index (χ1n) is 5.82. The average molecular weight is 202 g/mol. The first kappa shape index (κ1) is 9.22. The van der Waals surface area contributed by atoms with Gasteiger partial charge in [-0.2, -0.15) is 0 Å². The molecule has 3 rings (SSSR count). The maximum absolute atomic E-state index is 3.50. The lowest BCUT2D eigenvalue weighted by molar-refractivity contribution is 0.412. The van der Waals surface area contributed by atoms with E-state index in [0.717, 1.165) is 12.5 Å². The molecule has 1 fully saturated rings. The highest BCUT2D eigenvalue weighted by atomic mass is 15.2. The van der Waals surface area contributed by atoms with Crippen molar-refractivity contribution >= 4 is 5.69 Å². The molecule has 2 unspecified atom stereocenters. The number of hydrogen-bond acceptors (Lipinski definition) is 2. The number of nitrogens with zero attached hydrogens (tertiary/aromatic N) is 1. The van der Waals surface area contributed by atoms with Crippen LogP contribution < -0.4 is 10.2 Å². The number of anilines is 1. The smallest absolute Gasteiger partial charge is 0.0481 e. The Kier molecular flexibility index (Phi) is 1.99. The van der Waals surface area contributed by atoms with Gasteiger partial charge in [0.1, 0.15) is 0 Å². The number of nitrogens with one attached hydrogen (secondary N) is 1. The molecule has 2 heteroatoms. The minimum absolute atomic E-state index is 0.676. The van der Waals surface area contributed by atoms with Gasteiger partial charge < -0.3 is 10.2 Å². The first-order chi connectivity index (χ1) is 7.29. The van der Waals surface area contributed by atoms with E-state index in [-0.39, 0.29) is 0 Å². The second kappa shape index (κ2) is 3.24. The Morgan fingerprint density at radius 3 is 3.13 bits per heavy atom. The lowest BCUT2D eigenvalue weighted by Gasteiger charge is -2.31. The summed E-state index contributed by atoms with van der Waals surface area (Å²) >= 11 is 0. The fraction of sp³-hybridized carbons (Fsp3) is 0.538. The van der Waals surface area contributed by atoms with Crippen LogP contribution in [-0.2, 0) is 0 Å². The highest BCUT2D eigenvalue weighted by Gasteiger charge is 2.38. The van der Waals surface area contributed by atoms with Crippen molar-refractivity contribution in [1.29, 1.82) is 0 Å². The van der Waals surface area contributed by atoms with Crippen LogP contribution in [0.15, 0.2) is 18.2 Å². The van der Waals surface area contributed by atoms with Crippen molar-refractivity contribution in [1.82, 2.24) is 5.32 Å². The Morgan fingerprint density at radius 1 is 1.40 bits per heavy atom. The lowest BCUT2D eigenvalue weighted by atomic mass is 9.87. The molecule has 0 saturated carbocycles. The molecule has 2 atom stereocenters. The summed E-state index contributed by atoms with van der Waals surface area (Å²) in [5, 5.41) is 3.50. The van der Waals surface area contributed by atoms with Crippen molar-refractivity contribution in [2.75, 3.05) is 25.0 Å². The molecule has 0 aromatic heterocycles. The highest BCUT2D eigenvalue weighted by Crippen LogP contribution is 2.44. The summed E-state index contributed by atoms with van der Waals surface area (Å²) in [6, 6.07) is 7.36. The van der Waals surface area contributed by atoms with Gasteiger partial charge in [-0.1, -0.05) is 12.1 Å². The molecule has 1 saturated heterocycles. The Morgan fingerprint density at radius 2 is 2.27 bits per heavy atom. The molecular formula is C13H18N2. The Bertz CT molecular complexity index is 386. The molecule has 1 N–H and O–H groups in total. The van der Waals surface area contributed by atoms with Gasteiger partial charge in [-0.3, -0.25) is 0 Å². The van der Waals surface area contributed by atoms with Crippen LogP contribution in [0.4, 0.5) is 5.69 Å². The fourth-order valence-corrected chi connectivity index (χ4v) is 3.22. The molecule has 2 aliphatic rings. The molecule has 15 heavy (non-hydrogen) atoms. The van der Waals surface area contributed by atoms with Crippen LogP contribution in [-0.4, -0.2) is 26.2 Å². The molecule has 0 amide bonds. The number of benzene rings is 1. The van der Waals surface area contributed by atoms with Crippen LogP contribution in [0.3, 0.4) is 0 Å². The van der Waals surface area contributed by atoms with Gasteiger partial charge in [0.15, 0.2) is 0 Å². The van der Waals surface area contributed by atoms with Gasteiger partial charge in [0.25, 0.3) is 0 Å². The van der Waals surface area contributed by atoms with Gasteiger partial charge in [-0.05, 0) is 37.1 Å². The van der Waals surface area contributed by atoms with Gasteiger partial charge in [0.05, 0.1) is 0 Å². The van der Waals surface area contributed by atoms with Crippen molar-refractivity contribution in [2.45, 2.75) is 25.3 Å². The van der Waals surface area contributed by atoms with Gasteiger partial charge in [0.2, 0.25) is 0 Å². The second-order valence-corrected chi connectivity index (χ2v) is 4.79. The topological polar surface area (TPSA) is 15.3 Å². The predicted octanol–water partition coefficient (Wildman–Crippen LogP) is 1.89. The third-order valence-electron chi connectivity index (χ3n) is 4.00. The van der Waals surface area contributed by atoms with E-state index in [2.05, 4.69) is 42.4 Å². The van der Waals surface area contributed by atoms with E-state index in [0.29, 0.717) is 6.04 Å². The van der Waals surface area contributed by atoms with E-state index in [1.54, 1.807) is 5.56 Å². The Labute approximate surface area is 91.3 Å². The largest absolute Gasteiger partial charge is 0.369 e. The van der Waals surface area contributed by atoms with Crippen LogP contribution >= 0.6 is 0 Å². The summed E-state index contributed by atoms with van der Waals surface area (Å²) in [5.74, 6) is 0.757. The molecule has 0 radical (unpaired) electrons. The number of aryl methyl sites for hydroxylation is 1. The molecule has 2 heterocycles. The summed E-state index contributed by atoms with van der Waals surface area (Å²) in [4.78, 5) is 2.46. The molecule has 1 aromatic rings. The average Bonchev–Trinajstić information content (AvgIpc) is 2.55. The van der Waals surface area contributed by atoms with Crippen LogP contribution in [0.5, 0.6) is 0 Å². The standard InChI is InChI=1S/C13H18N2/c1-9-4-3-5-11-13(9)10-6-7-14-8-12(10)15(11)2/h3-5,10,12,14H,6-8H2,1-2H3. The van der Waals surface area contributed by atoms with Crippen LogP contribution in [0.25, 0.3) is 0 Å². The minimum Gasteiger partial charge on any atom is -0.369 e. The van der Waals surface area contributed by atoms with Gasteiger partial charge in [-0.15, -0.1) is 0 Å². The van der Waals surface area contributed by atoms with E-state index in [9.17, 15) is 0 Å². The first-order valence-corrected chi connectivity index (χ1v) is 5.82. The van der Waals surface area contributed by atoms with Crippen molar-refractivity contribution in [3.8, 4) is 0 Å². The van der Waals surface area contributed by atoms with E-state index < -0.39 is 0 Å². The van der Waals surface area contributed by atoms with Crippen molar-refractivity contribution in [3.05, 3.63) is 29.3 Å². The zero-order valence-electron chi connectivity index (χ0n) is 9.46. The quantitative estimate of drug-likeness (QED) is 0.691. The summed E-state index contributed by atoms with van der Waals surface area (Å²) < 4.78 is 0. The summed E-state index contributed by atoms with van der Waals surface area (Å²) in [6.07, 6.45) is 1.28. The van der Waals surface area contributed by atoms with Crippen molar-refractivity contribution < 1.29 is 0 Å². The lowest BCUT2D eigenvalue weighted by Crippen LogP contribution is -2.44.